The van der Waals surface area contributed by atoms with E-state index in [1.807, 2.05) is 0 Å². The molecule has 15 heavy (non-hydrogen) atoms. The van der Waals surface area contributed by atoms with Crippen LogP contribution in [0.3, 0.4) is 0 Å². The van der Waals surface area contributed by atoms with Gasteiger partial charge in [-0.2, -0.15) is 0 Å². The third-order valence-corrected chi connectivity index (χ3v) is 3.54. The highest BCUT2D eigenvalue weighted by atomic mass is 16.5. The number of ether oxygens (including phenoxy) is 1. The Morgan fingerprint density at radius 3 is 2.73 bits per heavy atom. The van der Waals surface area contributed by atoms with Crippen LogP contribution in [0.25, 0.3) is 0 Å². The fourth-order valence-corrected chi connectivity index (χ4v) is 2.66. The summed E-state index contributed by atoms with van der Waals surface area (Å²) in [5.41, 5.74) is 0.529. The van der Waals surface area contributed by atoms with E-state index in [4.69, 9.17) is 4.74 Å². The second-order valence-corrected chi connectivity index (χ2v) is 5.68. The molecule has 0 aromatic heterocycles. The molecular formula is C13H27NO. The lowest BCUT2D eigenvalue weighted by Gasteiger charge is -2.37. The van der Waals surface area contributed by atoms with Crippen molar-refractivity contribution in [3.05, 3.63) is 0 Å². The van der Waals surface area contributed by atoms with Crippen LogP contribution in [0.1, 0.15) is 52.9 Å². The molecule has 0 heterocycles. The molecule has 2 heteroatoms. The molecule has 0 bridgehead atoms. The molecule has 0 aromatic rings. The summed E-state index contributed by atoms with van der Waals surface area (Å²) in [4.78, 5) is 0. The fourth-order valence-electron chi connectivity index (χ4n) is 2.66. The summed E-state index contributed by atoms with van der Waals surface area (Å²) >= 11 is 0. The van der Waals surface area contributed by atoms with E-state index < -0.39 is 0 Å². The number of hydrogen-bond donors (Lipinski definition) is 1. The van der Waals surface area contributed by atoms with E-state index in [2.05, 4.69) is 26.1 Å². The van der Waals surface area contributed by atoms with Gasteiger partial charge in [0.05, 0.1) is 6.61 Å². The Balaban J connectivity index is 2.36. The van der Waals surface area contributed by atoms with Gasteiger partial charge >= 0.3 is 0 Å². The normalized spacial score (nSPS) is 27.6. The topological polar surface area (TPSA) is 21.3 Å². The summed E-state index contributed by atoms with van der Waals surface area (Å²) in [6.45, 7) is 7.84. The Bertz CT molecular complexity index is 179. The Kier molecular flexibility index (Phi) is 5.07. The van der Waals surface area contributed by atoms with E-state index in [-0.39, 0.29) is 0 Å². The van der Waals surface area contributed by atoms with Crippen molar-refractivity contribution in [3.63, 3.8) is 0 Å². The highest BCUT2D eigenvalue weighted by Gasteiger charge is 2.28. The van der Waals surface area contributed by atoms with Crippen molar-refractivity contribution < 1.29 is 4.74 Å². The van der Waals surface area contributed by atoms with Gasteiger partial charge in [0, 0.05) is 19.2 Å². The maximum absolute atomic E-state index is 5.23. The first-order valence-electron chi connectivity index (χ1n) is 6.32. The van der Waals surface area contributed by atoms with E-state index in [9.17, 15) is 0 Å². The Labute approximate surface area is 94.8 Å². The zero-order valence-corrected chi connectivity index (χ0v) is 10.8. The molecule has 0 saturated heterocycles. The molecule has 0 amide bonds. The van der Waals surface area contributed by atoms with Crippen LogP contribution in [0.4, 0.5) is 0 Å². The third-order valence-electron chi connectivity index (χ3n) is 3.54. The zero-order chi connectivity index (χ0) is 11.3. The molecule has 0 aromatic carbocycles. The Morgan fingerprint density at radius 2 is 2.20 bits per heavy atom. The van der Waals surface area contributed by atoms with Crippen LogP contribution in [-0.4, -0.2) is 25.8 Å². The maximum Gasteiger partial charge on any atom is 0.0615 e. The smallest absolute Gasteiger partial charge is 0.0615 e. The maximum atomic E-state index is 5.23. The van der Waals surface area contributed by atoms with Crippen molar-refractivity contribution in [3.8, 4) is 0 Å². The van der Waals surface area contributed by atoms with E-state index in [0.717, 1.165) is 13.0 Å². The molecule has 0 radical (unpaired) electrons. The molecule has 1 aliphatic carbocycles. The summed E-state index contributed by atoms with van der Waals surface area (Å²) < 4.78 is 5.23. The highest BCUT2D eigenvalue weighted by Crippen LogP contribution is 2.35. The molecule has 0 spiro atoms. The highest BCUT2D eigenvalue weighted by molar-refractivity contribution is 4.85. The number of rotatable bonds is 5. The number of methoxy groups -OCH3 is 1. The SMILES string of the molecule is CC[C@@H](COC)N[C@H]1CCCC(C)(C)C1. The summed E-state index contributed by atoms with van der Waals surface area (Å²) in [5, 5.41) is 3.74. The molecule has 2 atom stereocenters. The summed E-state index contributed by atoms with van der Waals surface area (Å²) in [7, 11) is 1.79. The molecular weight excluding hydrogens is 186 g/mol. The van der Waals surface area contributed by atoms with E-state index in [0.29, 0.717) is 17.5 Å². The Morgan fingerprint density at radius 1 is 1.47 bits per heavy atom. The van der Waals surface area contributed by atoms with Gasteiger partial charge in [0.1, 0.15) is 0 Å². The predicted molar refractivity (Wildman–Crippen MR) is 65.1 cm³/mol. The first-order valence-corrected chi connectivity index (χ1v) is 6.32. The van der Waals surface area contributed by atoms with Gasteiger partial charge in [0.15, 0.2) is 0 Å². The first kappa shape index (κ1) is 13.0. The van der Waals surface area contributed by atoms with Crippen molar-refractivity contribution in [1.82, 2.24) is 5.32 Å². The van der Waals surface area contributed by atoms with Gasteiger partial charge in [-0.05, 0) is 31.1 Å². The van der Waals surface area contributed by atoms with E-state index >= 15 is 0 Å². The quantitative estimate of drug-likeness (QED) is 0.758. The third kappa shape index (κ3) is 4.52. The zero-order valence-electron chi connectivity index (χ0n) is 10.8. The summed E-state index contributed by atoms with van der Waals surface area (Å²) in [6, 6.07) is 1.24. The average molecular weight is 213 g/mol. The van der Waals surface area contributed by atoms with Gasteiger partial charge in [-0.15, -0.1) is 0 Å². The molecule has 1 rings (SSSR count). The fraction of sp³-hybridized carbons (Fsp3) is 1.00. The molecule has 1 N–H and O–H groups in total. The van der Waals surface area contributed by atoms with Gasteiger partial charge in [0.25, 0.3) is 0 Å². The lowest BCUT2D eigenvalue weighted by atomic mass is 9.75. The van der Waals surface area contributed by atoms with E-state index in [1.54, 1.807) is 7.11 Å². The molecule has 1 aliphatic rings. The average Bonchev–Trinajstić information content (AvgIpc) is 2.15. The van der Waals surface area contributed by atoms with Crippen molar-refractivity contribution in [2.75, 3.05) is 13.7 Å². The van der Waals surface area contributed by atoms with Crippen LogP contribution < -0.4 is 5.32 Å². The van der Waals surface area contributed by atoms with Gasteiger partial charge in [-0.3, -0.25) is 0 Å². The monoisotopic (exact) mass is 213 g/mol. The summed E-state index contributed by atoms with van der Waals surface area (Å²) in [5.74, 6) is 0. The minimum atomic E-state index is 0.529. The lowest BCUT2D eigenvalue weighted by Crippen LogP contribution is -2.44. The molecule has 1 saturated carbocycles. The minimum absolute atomic E-state index is 0.529. The van der Waals surface area contributed by atoms with Crippen LogP contribution >= 0.6 is 0 Å². The minimum Gasteiger partial charge on any atom is -0.383 e. The number of hydrogen-bond acceptors (Lipinski definition) is 2. The number of nitrogens with one attached hydrogen (secondary N) is 1. The van der Waals surface area contributed by atoms with Crippen molar-refractivity contribution in [1.29, 1.82) is 0 Å². The first-order chi connectivity index (χ1) is 7.07. The molecule has 90 valence electrons. The van der Waals surface area contributed by atoms with Crippen molar-refractivity contribution in [2.45, 2.75) is 65.0 Å². The van der Waals surface area contributed by atoms with Crippen molar-refractivity contribution in [2.24, 2.45) is 5.41 Å². The lowest BCUT2D eigenvalue weighted by molar-refractivity contribution is 0.135. The molecule has 0 aliphatic heterocycles. The van der Waals surface area contributed by atoms with Crippen LogP contribution in [-0.2, 0) is 4.74 Å². The largest absolute Gasteiger partial charge is 0.383 e. The molecule has 0 unspecified atom stereocenters. The van der Waals surface area contributed by atoms with Crippen LogP contribution in [0.2, 0.25) is 0 Å². The predicted octanol–water partition coefficient (Wildman–Crippen LogP) is 2.97. The van der Waals surface area contributed by atoms with Crippen LogP contribution in [0, 0.1) is 5.41 Å². The van der Waals surface area contributed by atoms with Gasteiger partial charge in [-0.1, -0.05) is 27.2 Å². The van der Waals surface area contributed by atoms with E-state index in [1.165, 1.54) is 25.7 Å². The van der Waals surface area contributed by atoms with Gasteiger partial charge in [0.2, 0.25) is 0 Å². The van der Waals surface area contributed by atoms with Gasteiger partial charge in [-0.25, -0.2) is 0 Å². The van der Waals surface area contributed by atoms with Crippen LogP contribution in [0.5, 0.6) is 0 Å². The molecule has 2 nitrogen and oxygen atoms in total. The van der Waals surface area contributed by atoms with Crippen molar-refractivity contribution >= 4 is 0 Å². The Hall–Kier alpha value is -0.0800. The second kappa shape index (κ2) is 5.86. The second-order valence-electron chi connectivity index (χ2n) is 5.68. The van der Waals surface area contributed by atoms with Crippen LogP contribution in [0.15, 0.2) is 0 Å². The standard InChI is InChI=1S/C13H27NO/c1-5-11(10-15-4)14-12-7-6-8-13(2,3)9-12/h11-12,14H,5-10H2,1-4H3/t11-,12-/m0/s1. The van der Waals surface area contributed by atoms with Gasteiger partial charge < -0.3 is 10.1 Å². The summed E-state index contributed by atoms with van der Waals surface area (Å²) in [6.07, 6.45) is 6.56. The molecule has 1 fully saturated rings.